The third-order valence-electron chi connectivity index (χ3n) is 3.72. The Morgan fingerprint density at radius 1 is 1.21 bits per heavy atom. The van der Waals surface area contributed by atoms with Gasteiger partial charge in [0, 0.05) is 11.8 Å². The smallest absolute Gasteiger partial charge is 0.241 e. The molecule has 0 aliphatic heterocycles. The number of anilines is 1. The van der Waals surface area contributed by atoms with Gasteiger partial charge in [-0.3, -0.25) is 4.79 Å². The van der Waals surface area contributed by atoms with E-state index in [2.05, 4.69) is 39.8 Å². The highest BCUT2D eigenvalue weighted by atomic mass is 16.1. The molecule has 4 N–H and O–H groups in total. The minimum absolute atomic E-state index is 0.407. The Hall–Kier alpha value is -2.29. The van der Waals surface area contributed by atoms with Crippen molar-refractivity contribution in [1.29, 1.82) is 0 Å². The lowest BCUT2D eigenvalue weighted by molar-refractivity contribution is -0.113. The second kappa shape index (κ2) is 11.3. The van der Waals surface area contributed by atoms with Crippen LogP contribution in [0.1, 0.15) is 47.1 Å². The Labute approximate surface area is 147 Å². The number of hydrogen-bond donors (Lipinski definition) is 2. The van der Waals surface area contributed by atoms with Gasteiger partial charge in [-0.05, 0) is 62.0 Å². The molecule has 0 radical (unpaired) electrons. The van der Waals surface area contributed by atoms with Crippen LogP contribution in [0.25, 0.3) is 0 Å². The highest BCUT2D eigenvalue weighted by Crippen LogP contribution is 2.23. The van der Waals surface area contributed by atoms with E-state index in [0.717, 1.165) is 17.7 Å². The molecule has 0 fully saturated rings. The summed E-state index contributed by atoms with van der Waals surface area (Å²) in [5.41, 5.74) is 16.4. The number of hydrogen-bond acceptors (Lipinski definition) is 2. The van der Waals surface area contributed by atoms with Crippen LogP contribution in [0.3, 0.4) is 0 Å². The first-order chi connectivity index (χ1) is 11.2. The summed E-state index contributed by atoms with van der Waals surface area (Å²) in [7, 11) is 0. The van der Waals surface area contributed by atoms with Crippen molar-refractivity contribution in [1.82, 2.24) is 0 Å². The Kier molecular flexibility index (Phi) is 10.2. The molecule has 0 saturated heterocycles. The molecule has 0 atom stereocenters. The van der Waals surface area contributed by atoms with Crippen LogP contribution in [0.4, 0.5) is 5.69 Å². The van der Waals surface area contributed by atoms with Crippen molar-refractivity contribution in [3.63, 3.8) is 0 Å². The molecule has 0 aliphatic rings. The largest absolute Gasteiger partial charge is 0.399 e. The van der Waals surface area contributed by atoms with E-state index in [1.807, 2.05) is 32.0 Å². The number of amides is 1. The van der Waals surface area contributed by atoms with Crippen molar-refractivity contribution >= 4 is 11.6 Å². The zero-order valence-corrected chi connectivity index (χ0v) is 15.9. The van der Waals surface area contributed by atoms with Crippen LogP contribution in [0.2, 0.25) is 0 Å². The molecule has 0 spiro atoms. The Morgan fingerprint density at radius 2 is 1.83 bits per heavy atom. The maximum absolute atomic E-state index is 10.6. The molecule has 0 aliphatic carbocycles. The SMILES string of the molecule is CCc1cccc(N)c1.C\C=C(C)/C(=C(C)\C=C\C(N)=O)C(C)C. The van der Waals surface area contributed by atoms with Gasteiger partial charge in [-0.1, -0.05) is 50.6 Å². The summed E-state index contributed by atoms with van der Waals surface area (Å²) in [6.07, 6.45) is 6.33. The van der Waals surface area contributed by atoms with E-state index in [9.17, 15) is 4.79 Å². The first-order valence-electron chi connectivity index (χ1n) is 8.38. The summed E-state index contributed by atoms with van der Waals surface area (Å²) in [4.78, 5) is 10.6. The van der Waals surface area contributed by atoms with E-state index in [4.69, 9.17) is 11.5 Å². The fourth-order valence-corrected chi connectivity index (χ4v) is 2.49. The quantitative estimate of drug-likeness (QED) is 0.463. The number of nitrogens with two attached hydrogens (primary N) is 2. The van der Waals surface area contributed by atoms with Crippen LogP contribution >= 0.6 is 0 Å². The third kappa shape index (κ3) is 8.37. The van der Waals surface area contributed by atoms with Gasteiger partial charge < -0.3 is 11.5 Å². The molecule has 1 aromatic rings. The normalized spacial score (nSPS) is 12.7. The third-order valence-corrected chi connectivity index (χ3v) is 3.72. The Balaban J connectivity index is 0.000000496. The topological polar surface area (TPSA) is 69.1 Å². The lowest BCUT2D eigenvalue weighted by Crippen LogP contribution is -2.06. The van der Waals surface area contributed by atoms with Gasteiger partial charge >= 0.3 is 0 Å². The van der Waals surface area contributed by atoms with Gasteiger partial charge in [0.25, 0.3) is 0 Å². The second-order valence-electron chi connectivity index (χ2n) is 6.06. The van der Waals surface area contributed by atoms with Gasteiger partial charge in [-0.25, -0.2) is 0 Å². The number of benzene rings is 1. The average Bonchev–Trinajstić information content (AvgIpc) is 2.53. The van der Waals surface area contributed by atoms with Gasteiger partial charge in [0.05, 0.1) is 0 Å². The van der Waals surface area contributed by atoms with Crippen molar-refractivity contribution in [2.75, 3.05) is 5.73 Å². The summed E-state index contributed by atoms with van der Waals surface area (Å²) >= 11 is 0. The summed E-state index contributed by atoms with van der Waals surface area (Å²) in [6.45, 7) is 12.5. The Morgan fingerprint density at radius 3 is 2.21 bits per heavy atom. The van der Waals surface area contributed by atoms with Crippen molar-refractivity contribution in [3.8, 4) is 0 Å². The lowest BCUT2D eigenvalue weighted by Gasteiger charge is -2.14. The minimum Gasteiger partial charge on any atom is -0.399 e. The van der Waals surface area contributed by atoms with Gasteiger partial charge in [0.2, 0.25) is 5.91 Å². The lowest BCUT2D eigenvalue weighted by atomic mass is 9.91. The summed E-state index contributed by atoms with van der Waals surface area (Å²) in [6, 6.07) is 7.96. The monoisotopic (exact) mass is 328 g/mol. The number of rotatable bonds is 5. The number of nitrogen functional groups attached to an aromatic ring is 1. The van der Waals surface area contributed by atoms with Gasteiger partial charge in [-0.2, -0.15) is 0 Å². The van der Waals surface area contributed by atoms with Gasteiger partial charge in [0.1, 0.15) is 0 Å². The zero-order valence-electron chi connectivity index (χ0n) is 15.9. The molecule has 1 aromatic carbocycles. The fourth-order valence-electron chi connectivity index (χ4n) is 2.49. The molecule has 3 nitrogen and oxygen atoms in total. The second-order valence-corrected chi connectivity index (χ2v) is 6.06. The number of primary amides is 1. The van der Waals surface area contributed by atoms with Crippen LogP contribution in [0.5, 0.6) is 0 Å². The van der Waals surface area contributed by atoms with Gasteiger partial charge in [-0.15, -0.1) is 0 Å². The van der Waals surface area contributed by atoms with Gasteiger partial charge in [0.15, 0.2) is 0 Å². The van der Waals surface area contributed by atoms with E-state index < -0.39 is 5.91 Å². The predicted octanol–water partition coefficient (Wildman–Crippen LogP) is 4.80. The van der Waals surface area contributed by atoms with Crippen molar-refractivity contribution in [2.24, 2.45) is 11.7 Å². The molecule has 3 heteroatoms. The molecule has 1 amide bonds. The van der Waals surface area contributed by atoms with E-state index in [1.165, 1.54) is 22.8 Å². The molecule has 0 heterocycles. The van der Waals surface area contributed by atoms with E-state index >= 15 is 0 Å². The molecule has 0 bridgehead atoms. The highest BCUT2D eigenvalue weighted by Gasteiger charge is 2.07. The molecule has 0 unspecified atom stereocenters. The van der Waals surface area contributed by atoms with Crippen LogP contribution < -0.4 is 11.5 Å². The first kappa shape index (κ1) is 21.7. The summed E-state index contributed by atoms with van der Waals surface area (Å²) in [5.74, 6) is 0.0364. The van der Waals surface area contributed by atoms with E-state index in [1.54, 1.807) is 6.08 Å². The highest BCUT2D eigenvalue weighted by molar-refractivity contribution is 5.86. The van der Waals surface area contributed by atoms with Crippen LogP contribution in [0.15, 0.2) is 59.2 Å². The van der Waals surface area contributed by atoms with Crippen LogP contribution in [-0.4, -0.2) is 5.91 Å². The molecule has 0 aromatic heterocycles. The molecule has 24 heavy (non-hydrogen) atoms. The fraction of sp³-hybridized carbons (Fsp3) is 0.381. The number of allylic oxidation sites excluding steroid dienone is 5. The van der Waals surface area contributed by atoms with Crippen molar-refractivity contribution < 1.29 is 4.79 Å². The van der Waals surface area contributed by atoms with Crippen molar-refractivity contribution in [3.05, 3.63) is 64.8 Å². The molecular weight excluding hydrogens is 296 g/mol. The molecule has 1 rings (SSSR count). The van der Waals surface area contributed by atoms with Crippen molar-refractivity contribution in [2.45, 2.75) is 48.0 Å². The predicted molar refractivity (Wildman–Crippen MR) is 106 cm³/mol. The minimum atomic E-state index is -0.407. The standard InChI is InChI=1S/C13H21NO.C8H11N/c1-6-10(4)13(9(2)3)11(5)7-8-12(14)15;1-2-7-4-3-5-8(9)6-7/h6-9H,1-5H3,(H2,14,15);3-6H,2,9H2,1H3/b8-7+,10-6-,13-11-;. The molecule has 132 valence electrons. The summed E-state index contributed by atoms with van der Waals surface area (Å²) in [5, 5.41) is 0. The number of carbonyl (C=O) groups is 1. The maximum atomic E-state index is 10.6. The maximum Gasteiger partial charge on any atom is 0.241 e. The molecule has 0 saturated carbocycles. The number of aryl methyl sites for hydroxylation is 1. The van der Waals surface area contributed by atoms with Crippen LogP contribution in [-0.2, 0) is 11.2 Å². The van der Waals surface area contributed by atoms with E-state index in [-0.39, 0.29) is 0 Å². The zero-order chi connectivity index (χ0) is 18.7. The average molecular weight is 329 g/mol. The Bertz CT molecular complexity index is 622. The van der Waals surface area contributed by atoms with Crippen LogP contribution in [0, 0.1) is 5.92 Å². The molecular formula is C21H32N2O. The summed E-state index contributed by atoms with van der Waals surface area (Å²) < 4.78 is 0. The number of carbonyl (C=O) groups excluding carboxylic acids is 1. The van der Waals surface area contributed by atoms with E-state index in [0.29, 0.717) is 5.92 Å². The first-order valence-corrected chi connectivity index (χ1v) is 8.38.